The van der Waals surface area contributed by atoms with Gasteiger partial charge in [0.25, 0.3) is 0 Å². The lowest BCUT2D eigenvalue weighted by molar-refractivity contribution is 0.285. The fourth-order valence-electron chi connectivity index (χ4n) is 1.26. The van der Waals surface area contributed by atoms with Crippen molar-refractivity contribution in [3.8, 4) is 11.5 Å². The molecule has 0 aliphatic heterocycles. The first-order valence-corrected chi connectivity index (χ1v) is 5.55. The Bertz CT molecular complexity index is 355. The summed E-state index contributed by atoms with van der Waals surface area (Å²) < 4.78 is 0. The van der Waals surface area contributed by atoms with Gasteiger partial charge >= 0.3 is 0 Å². The van der Waals surface area contributed by atoms with E-state index >= 15 is 0 Å². The van der Waals surface area contributed by atoms with Gasteiger partial charge in [-0.15, -0.1) is 0 Å². The second-order valence-electron chi connectivity index (χ2n) is 5.29. The van der Waals surface area contributed by atoms with Crippen LogP contribution in [0.4, 0.5) is 0 Å². The van der Waals surface area contributed by atoms with Gasteiger partial charge in [0.2, 0.25) is 0 Å². The molecule has 0 heterocycles. The lowest BCUT2D eigenvalue weighted by Crippen LogP contribution is -2.37. The van der Waals surface area contributed by atoms with Crippen LogP contribution in [0.1, 0.15) is 33.3 Å². The number of phenols is 2. The van der Waals surface area contributed by atoms with Gasteiger partial charge in [0.1, 0.15) is 0 Å². The molecule has 0 aliphatic carbocycles. The van der Waals surface area contributed by atoms with Crippen molar-refractivity contribution < 1.29 is 10.2 Å². The summed E-state index contributed by atoms with van der Waals surface area (Å²) >= 11 is 0. The van der Waals surface area contributed by atoms with Crippen LogP contribution in [0.5, 0.6) is 11.5 Å². The van der Waals surface area contributed by atoms with Crippen molar-refractivity contribution in [3.05, 3.63) is 23.8 Å². The highest BCUT2D eigenvalue weighted by molar-refractivity contribution is 5.40. The smallest absolute Gasteiger partial charge is 0.157 e. The van der Waals surface area contributed by atoms with E-state index in [0.717, 1.165) is 5.56 Å². The highest BCUT2D eigenvalue weighted by Crippen LogP contribution is 2.25. The van der Waals surface area contributed by atoms with Gasteiger partial charge in [0, 0.05) is 12.6 Å². The minimum atomic E-state index is -0.0763. The molecule has 0 aromatic heterocycles. The summed E-state index contributed by atoms with van der Waals surface area (Å²) in [7, 11) is 0. The van der Waals surface area contributed by atoms with Crippen molar-refractivity contribution in [1.29, 1.82) is 0 Å². The third-order valence-corrected chi connectivity index (χ3v) is 2.95. The van der Waals surface area contributed by atoms with Crippen molar-refractivity contribution in [2.24, 2.45) is 5.41 Å². The normalized spacial score (nSPS) is 13.8. The van der Waals surface area contributed by atoms with Crippen LogP contribution in [0.3, 0.4) is 0 Å². The molecule has 16 heavy (non-hydrogen) atoms. The second-order valence-corrected chi connectivity index (χ2v) is 5.29. The largest absolute Gasteiger partial charge is 0.504 e. The standard InChI is InChI=1S/C13H21NO2/c1-9(13(2,3)4)14-8-10-5-6-11(15)12(16)7-10/h5-7,9,14-16H,8H2,1-4H3. The van der Waals surface area contributed by atoms with Crippen molar-refractivity contribution >= 4 is 0 Å². The Morgan fingerprint density at radius 1 is 1.19 bits per heavy atom. The number of benzene rings is 1. The number of hydrogen-bond donors (Lipinski definition) is 3. The quantitative estimate of drug-likeness (QED) is 0.690. The Balaban J connectivity index is 2.58. The molecule has 3 heteroatoms. The lowest BCUT2D eigenvalue weighted by Gasteiger charge is -2.28. The van der Waals surface area contributed by atoms with Crippen LogP contribution in [-0.2, 0) is 6.54 Å². The second kappa shape index (κ2) is 4.74. The van der Waals surface area contributed by atoms with E-state index in [1.54, 1.807) is 12.1 Å². The molecule has 0 fully saturated rings. The molecule has 0 saturated heterocycles. The Labute approximate surface area is 97.1 Å². The van der Waals surface area contributed by atoms with Crippen LogP contribution in [0, 0.1) is 5.41 Å². The molecule has 1 aromatic rings. The molecular formula is C13H21NO2. The molecule has 0 spiro atoms. The van der Waals surface area contributed by atoms with E-state index in [1.165, 1.54) is 6.07 Å². The molecule has 1 atom stereocenters. The predicted octanol–water partition coefficient (Wildman–Crippen LogP) is 2.62. The summed E-state index contributed by atoms with van der Waals surface area (Å²) in [6.45, 7) is 9.36. The summed E-state index contributed by atoms with van der Waals surface area (Å²) in [6.07, 6.45) is 0. The third kappa shape index (κ3) is 3.42. The van der Waals surface area contributed by atoms with Crippen LogP contribution >= 0.6 is 0 Å². The van der Waals surface area contributed by atoms with Crippen LogP contribution in [0.15, 0.2) is 18.2 Å². The van der Waals surface area contributed by atoms with Gasteiger partial charge in [-0.1, -0.05) is 26.8 Å². The van der Waals surface area contributed by atoms with Crippen molar-refractivity contribution in [3.63, 3.8) is 0 Å². The minimum Gasteiger partial charge on any atom is -0.504 e. The van der Waals surface area contributed by atoms with E-state index in [0.29, 0.717) is 12.6 Å². The molecule has 1 aromatic carbocycles. The first-order chi connectivity index (χ1) is 7.30. The molecule has 3 nitrogen and oxygen atoms in total. The SMILES string of the molecule is CC(NCc1ccc(O)c(O)c1)C(C)(C)C. The summed E-state index contributed by atoms with van der Waals surface area (Å²) in [5.74, 6) is -0.143. The van der Waals surface area contributed by atoms with Gasteiger partial charge in [-0.2, -0.15) is 0 Å². The molecule has 0 bridgehead atoms. The summed E-state index contributed by atoms with van der Waals surface area (Å²) in [4.78, 5) is 0. The van der Waals surface area contributed by atoms with Crippen molar-refractivity contribution in [2.45, 2.75) is 40.3 Å². The zero-order valence-corrected chi connectivity index (χ0v) is 10.4. The minimum absolute atomic E-state index is 0.0669. The average Bonchev–Trinajstić information content (AvgIpc) is 2.18. The zero-order chi connectivity index (χ0) is 12.3. The number of phenolic OH excluding ortho intramolecular Hbond substituents is 2. The monoisotopic (exact) mass is 223 g/mol. The fraction of sp³-hybridized carbons (Fsp3) is 0.538. The first-order valence-electron chi connectivity index (χ1n) is 5.55. The Morgan fingerprint density at radius 3 is 2.31 bits per heavy atom. The topological polar surface area (TPSA) is 52.5 Å². The molecule has 0 amide bonds. The highest BCUT2D eigenvalue weighted by atomic mass is 16.3. The summed E-state index contributed by atoms with van der Waals surface area (Å²) in [6, 6.07) is 5.27. The third-order valence-electron chi connectivity index (χ3n) is 2.95. The van der Waals surface area contributed by atoms with E-state index in [9.17, 15) is 10.2 Å². The van der Waals surface area contributed by atoms with E-state index in [-0.39, 0.29) is 16.9 Å². The van der Waals surface area contributed by atoms with Crippen LogP contribution < -0.4 is 5.32 Å². The van der Waals surface area contributed by atoms with Crippen LogP contribution in [0.25, 0.3) is 0 Å². The molecule has 1 unspecified atom stereocenters. The van der Waals surface area contributed by atoms with Crippen molar-refractivity contribution in [1.82, 2.24) is 5.32 Å². The molecule has 0 saturated carbocycles. The van der Waals surface area contributed by atoms with Gasteiger partial charge in [0.05, 0.1) is 0 Å². The summed E-state index contributed by atoms with van der Waals surface area (Å²) in [5.41, 5.74) is 1.17. The molecule has 0 radical (unpaired) electrons. The Morgan fingerprint density at radius 2 is 1.81 bits per heavy atom. The maximum atomic E-state index is 9.35. The number of aromatic hydroxyl groups is 2. The van der Waals surface area contributed by atoms with E-state index in [4.69, 9.17) is 0 Å². The molecular weight excluding hydrogens is 202 g/mol. The number of hydrogen-bond acceptors (Lipinski definition) is 3. The molecule has 90 valence electrons. The molecule has 3 N–H and O–H groups in total. The maximum Gasteiger partial charge on any atom is 0.157 e. The molecule has 0 aliphatic rings. The van der Waals surface area contributed by atoms with E-state index in [1.807, 2.05) is 0 Å². The fourth-order valence-corrected chi connectivity index (χ4v) is 1.26. The first kappa shape index (κ1) is 12.8. The van der Waals surface area contributed by atoms with Gasteiger partial charge in [-0.3, -0.25) is 0 Å². The van der Waals surface area contributed by atoms with Gasteiger partial charge in [-0.25, -0.2) is 0 Å². The van der Waals surface area contributed by atoms with E-state index < -0.39 is 0 Å². The summed E-state index contributed by atoms with van der Waals surface area (Å²) in [5, 5.41) is 21.9. The Hall–Kier alpha value is -1.22. The van der Waals surface area contributed by atoms with Crippen LogP contribution in [0.2, 0.25) is 0 Å². The Kier molecular flexibility index (Phi) is 3.81. The van der Waals surface area contributed by atoms with E-state index in [2.05, 4.69) is 33.0 Å². The number of nitrogens with one attached hydrogen (secondary N) is 1. The van der Waals surface area contributed by atoms with Gasteiger partial charge in [0.15, 0.2) is 11.5 Å². The van der Waals surface area contributed by atoms with Gasteiger partial charge < -0.3 is 15.5 Å². The van der Waals surface area contributed by atoms with Crippen molar-refractivity contribution in [2.75, 3.05) is 0 Å². The maximum absolute atomic E-state index is 9.35. The molecule has 1 rings (SSSR count). The lowest BCUT2D eigenvalue weighted by atomic mass is 9.88. The van der Waals surface area contributed by atoms with Crippen LogP contribution in [-0.4, -0.2) is 16.3 Å². The zero-order valence-electron chi connectivity index (χ0n) is 10.4. The highest BCUT2D eigenvalue weighted by Gasteiger charge is 2.19. The van der Waals surface area contributed by atoms with Gasteiger partial charge in [-0.05, 0) is 30.0 Å². The average molecular weight is 223 g/mol. The number of rotatable bonds is 3. The predicted molar refractivity (Wildman–Crippen MR) is 65.5 cm³/mol.